The van der Waals surface area contributed by atoms with E-state index >= 15 is 0 Å². The molecule has 6 heteroatoms. The highest BCUT2D eigenvalue weighted by atomic mass is 127. The molecule has 1 unspecified atom stereocenters. The molecular weight excluding hydrogens is 403 g/mol. The minimum atomic E-state index is 0. The van der Waals surface area contributed by atoms with Gasteiger partial charge >= 0.3 is 0 Å². The lowest BCUT2D eigenvalue weighted by Crippen LogP contribution is -2.42. The highest BCUT2D eigenvalue weighted by Gasteiger charge is 2.22. The third-order valence-corrected chi connectivity index (χ3v) is 4.33. The van der Waals surface area contributed by atoms with Crippen LogP contribution in [0.4, 0.5) is 0 Å². The molecule has 130 valence electrons. The molecule has 1 saturated heterocycles. The van der Waals surface area contributed by atoms with Crippen molar-refractivity contribution in [2.45, 2.75) is 39.3 Å². The molecule has 0 saturated carbocycles. The topological polar surface area (TPSA) is 62.9 Å². The van der Waals surface area contributed by atoms with Gasteiger partial charge in [0.15, 0.2) is 5.96 Å². The van der Waals surface area contributed by atoms with Crippen molar-refractivity contribution < 1.29 is 4.74 Å². The zero-order valence-corrected chi connectivity index (χ0v) is 16.7. The lowest BCUT2D eigenvalue weighted by atomic mass is 10.1. The van der Waals surface area contributed by atoms with E-state index in [1.165, 1.54) is 19.4 Å². The highest BCUT2D eigenvalue weighted by molar-refractivity contribution is 14.0. The summed E-state index contributed by atoms with van der Waals surface area (Å²) in [6.45, 7) is 7.98. The number of ether oxygens (including phenoxy) is 1. The number of methoxy groups -OCH3 is 1. The van der Waals surface area contributed by atoms with Crippen LogP contribution in [-0.2, 0) is 6.54 Å². The Labute approximate surface area is 156 Å². The predicted molar refractivity (Wildman–Crippen MR) is 107 cm³/mol. The Morgan fingerprint density at radius 1 is 1.48 bits per heavy atom. The fraction of sp³-hybridized carbons (Fsp3) is 0.588. The monoisotopic (exact) mass is 432 g/mol. The Bertz CT molecular complexity index is 521. The Morgan fingerprint density at radius 3 is 2.96 bits per heavy atom. The van der Waals surface area contributed by atoms with Crippen LogP contribution in [0.1, 0.15) is 30.9 Å². The van der Waals surface area contributed by atoms with Crippen molar-refractivity contribution in [1.82, 2.24) is 10.2 Å². The van der Waals surface area contributed by atoms with Crippen molar-refractivity contribution in [3.8, 4) is 5.75 Å². The van der Waals surface area contributed by atoms with E-state index in [4.69, 9.17) is 10.5 Å². The summed E-state index contributed by atoms with van der Waals surface area (Å²) in [5.41, 5.74) is 8.20. The molecular formula is C17H29IN4O. The van der Waals surface area contributed by atoms with Crippen molar-refractivity contribution in [3.63, 3.8) is 0 Å². The number of likely N-dealkylation sites (N-methyl/N-ethyl adjacent to an activating group) is 1. The lowest BCUT2D eigenvalue weighted by molar-refractivity contribution is 0.267. The van der Waals surface area contributed by atoms with E-state index < -0.39 is 0 Å². The summed E-state index contributed by atoms with van der Waals surface area (Å²) in [7, 11) is 1.69. The molecule has 0 aliphatic carbocycles. The number of nitrogens with two attached hydrogens (primary N) is 1. The first-order valence-electron chi connectivity index (χ1n) is 8.05. The first-order valence-corrected chi connectivity index (χ1v) is 8.05. The van der Waals surface area contributed by atoms with Crippen molar-refractivity contribution in [3.05, 3.63) is 29.3 Å². The van der Waals surface area contributed by atoms with Gasteiger partial charge in [0.25, 0.3) is 0 Å². The number of benzene rings is 1. The van der Waals surface area contributed by atoms with E-state index in [0.717, 1.165) is 30.0 Å². The van der Waals surface area contributed by atoms with Gasteiger partial charge in [-0.05, 0) is 50.0 Å². The van der Waals surface area contributed by atoms with Crippen LogP contribution in [0.25, 0.3) is 0 Å². The van der Waals surface area contributed by atoms with Gasteiger partial charge < -0.3 is 15.8 Å². The predicted octanol–water partition coefficient (Wildman–Crippen LogP) is 2.51. The Balaban J connectivity index is 0.00000264. The molecule has 0 radical (unpaired) electrons. The van der Waals surface area contributed by atoms with Gasteiger partial charge in [-0.1, -0.05) is 19.1 Å². The quantitative estimate of drug-likeness (QED) is 0.412. The van der Waals surface area contributed by atoms with Crippen LogP contribution >= 0.6 is 24.0 Å². The minimum Gasteiger partial charge on any atom is -0.496 e. The summed E-state index contributed by atoms with van der Waals surface area (Å²) in [6, 6.07) is 6.70. The maximum absolute atomic E-state index is 5.98. The molecule has 1 heterocycles. The van der Waals surface area contributed by atoms with E-state index in [-0.39, 0.29) is 24.0 Å². The minimum absolute atomic E-state index is 0. The van der Waals surface area contributed by atoms with Crippen LogP contribution in [0.5, 0.6) is 5.75 Å². The van der Waals surface area contributed by atoms with Crippen LogP contribution in [0, 0.1) is 6.92 Å². The van der Waals surface area contributed by atoms with E-state index in [2.05, 4.69) is 28.2 Å². The number of guanidine groups is 1. The molecule has 5 nitrogen and oxygen atoms in total. The lowest BCUT2D eigenvalue weighted by Gasteiger charge is -2.23. The second-order valence-electron chi connectivity index (χ2n) is 5.81. The Hall–Kier alpha value is -1.02. The van der Waals surface area contributed by atoms with Crippen molar-refractivity contribution in [2.24, 2.45) is 10.7 Å². The summed E-state index contributed by atoms with van der Waals surface area (Å²) in [5.74, 6) is 1.41. The first kappa shape index (κ1) is 20.0. The molecule has 3 N–H and O–H groups in total. The summed E-state index contributed by atoms with van der Waals surface area (Å²) in [6.07, 6.45) is 2.52. The molecule has 0 amide bonds. The second-order valence-corrected chi connectivity index (χ2v) is 5.81. The summed E-state index contributed by atoms with van der Waals surface area (Å²) in [5, 5.41) is 3.25. The van der Waals surface area contributed by atoms with Gasteiger partial charge in [0.2, 0.25) is 0 Å². The second kappa shape index (κ2) is 9.97. The van der Waals surface area contributed by atoms with Crippen LogP contribution < -0.4 is 15.8 Å². The molecule has 1 aliphatic rings. The van der Waals surface area contributed by atoms with Gasteiger partial charge in [-0.3, -0.25) is 4.90 Å². The van der Waals surface area contributed by atoms with E-state index in [1.54, 1.807) is 7.11 Å². The number of aryl methyl sites for hydroxylation is 1. The third-order valence-electron chi connectivity index (χ3n) is 4.33. The molecule has 0 spiro atoms. The molecule has 1 fully saturated rings. The van der Waals surface area contributed by atoms with Crippen LogP contribution in [0.3, 0.4) is 0 Å². The van der Waals surface area contributed by atoms with E-state index in [9.17, 15) is 0 Å². The SMILES string of the molecule is CCN1CCCC1CNC(N)=NCc1ccc(C)c(OC)c1.I. The van der Waals surface area contributed by atoms with Gasteiger partial charge in [0, 0.05) is 12.6 Å². The fourth-order valence-electron chi connectivity index (χ4n) is 2.96. The largest absolute Gasteiger partial charge is 0.496 e. The van der Waals surface area contributed by atoms with Crippen LogP contribution in [0.15, 0.2) is 23.2 Å². The normalized spacial score (nSPS) is 18.6. The average molecular weight is 432 g/mol. The fourth-order valence-corrected chi connectivity index (χ4v) is 2.96. The van der Waals surface area contributed by atoms with Crippen molar-refractivity contribution in [2.75, 3.05) is 26.7 Å². The number of hydrogen-bond acceptors (Lipinski definition) is 3. The van der Waals surface area contributed by atoms with Gasteiger partial charge in [-0.2, -0.15) is 0 Å². The average Bonchev–Trinajstić information content (AvgIpc) is 2.99. The Kier molecular flexibility index (Phi) is 8.68. The molecule has 0 bridgehead atoms. The summed E-state index contributed by atoms with van der Waals surface area (Å²) < 4.78 is 5.33. The van der Waals surface area contributed by atoms with Crippen LogP contribution in [0.2, 0.25) is 0 Å². The zero-order chi connectivity index (χ0) is 15.9. The summed E-state index contributed by atoms with van der Waals surface area (Å²) in [4.78, 5) is 6.91. The molecule has 23 heavy (non-hydrogen) atoms. The molecule has 1 atom stereocenters. The standard InChI is InChI=1S/C17H28N4O.HI/c1-4-21-9-5-6-15(21)12-20-17(18)19-11-14-8-7-13(2)16(10-14)22-3;/h7-8,10,15H,4-6,9,11-12H2,1-3H3,(H3,18,19,20);1H. The maximum atomic E-state index is 5.98. The number of aliphatic imine (C=N–C) groups is 1. The van der Waals surface area contributed by atoms with Gasteiger partial charge in [0.1, 0.15) is 5.75 Å². The van der Waals surface area contributed by atoms with Gasteiger partial charge in [-0.25, -0.2) is 4.99 Å². The zero-order valence-electron chi connectivity index (χ0n) is 14.3. The molecule has 2 rings (SSSR count). The maximum Gasteiger partial charge on any atom is 0.188 e. The van der Waals surface area contributed by atoms with E-state index in [0.29, 0.717) is 18.5 Å². The van der Waals surface area contributed by atoms with E-state index in [1.807, 2.05) is 19.1 Å². The number of halogens is 1. The smallest absolute Gasteiger partial charge is 0.188 e. The third kappa shape index (κ3) is 5.84. The summed E-state index contributed by atoms with van der Waals surface area (Å²) >= 11 is 0. The van der Waals surface area contributed by atoms with Crippen molar-refractivity contribution >= 4 is 29.9 Å². The number of likely N-dealkylation sites (tertiary alicyclic amines) is 1. The molecule has 1 aliphatic heterocycles. The molecule has 1 aromatic rings. The molecule has 0 aromatic heterocycles. The van der Waals surface area contributed by atoms with Gasteiger partial charge in [0.05, 0.1) is 13.7 Å². The van der Waals surface area contributed by atoms with Crippen LogP contribution in [-0.4, -0.2) is 43.6 Å². The molecule has 1 aromatic carbocycles. The number of hydrogen-bond donors (Lipinski definition) is 2. The highest BCUT2D eigenvalue weighted by Crippen LogP contribution is 2.19. The first-order chi connectivity index (χ1) is 10.6. The number of nitrogens with zero attached hydrogens (tertiary/aromatic N) is 2. The number of nitrogens with one attached hydrogen (secondary N) is 1. The van der Waals surface area contributed by atoms with Crippen molar-refractivity contribution in [1.29, 1.82) is 0 Å². The number of rotatable bonds is 6. The Morgan fingerprint density at radius 2 is 2.26 bits per heavy atom. The van der Waals surface area contributed by atoms with Gasteiger partial charge in [-0.15, -0.1) is 24.0 Å².